The van der Waals surface area contributed by atoms with E-state index in [1.54, 1.807) is 12.1 Å². The molecule has 29 heavy (non-hydrogen) atoms. The highest BCUT2D eigenvalue weighted by Gasteiger charge is 2.44. The largest absolute Gasteiger partial charge is 0.346 e. The van der Waals surface area contributed by atoms with E-state index in [1.807, 2.05) is 42.9 Å². The molecule has 0 unspecified atom stereocenters. The molecule has 3 aromatic rings. The standard InChI is InChI=1S/C23H21Cl2FN2O/c1-12(2)16-11-27(4)22-19(16)21(15-10-14(24)9-8-13(15)3)28(23(22)29)18-7-5-6-17(25)20(18)26/h5-12,21H,1-4H3/t21-/m0/s1. The van der Waals surface area contributed by atoms with Crippen molar-refractivity contribution in [2.75, 3.05) is 4.90 Å². The zero-order chi connectivity index (χ0) is 21.0. The molecule has 6 heteroatoms. The molecule has 1 amide bonds. The Morgan fingerprint density at radius 1 is 1.14 bits per heavy atom. The minimum atomic E-state index is -0.605. The maximum Gasteiger partial charge on any atom is 0.276 e. The van der Waals surface area contributed by atoms with Gasteiger partial charge in [-0.2, -0.15) is 0 Å². The molecule has 4 rings (SSSR count). The van der Waals surface area contributed by atoms with Crippen LogP contribution in [-0.4, -0.2) is 10.5 Å². The Morgan fingerprint density at radius 3 is 2.55 bits per heavy atom. The monoisotopic (exact) mass is 430 g/mol. The fourth-order valence-electron chi connectivity index (χ4n) is 4.17. The summed E-state index contributed by atoms with van der Waals surface area (Å²) in [5.74, 6) is -0.657. The number of carbonyl (C=O) groups excluding carboxylic acids is 1. The van der Waals surface area contributed by atoms with Crippen molar-refractivity contribution in [3.8, 4) is 0 Å². The summed E-state index contributed by atoms with van der Waals surface area (Å²) in [6.45, 7) is 6.15. The summed E-state index contributed by atoms with van der Waals surface area (Å²) in [6.07, 6.45) is 1.99. The van der Waals surface area contributed by atoms with Gasteiger partial charge in [-0.25, -0.2) is 4.39 Å². The molecule has 0 fully saturated rings. The summed E-state index contributed by atoms with van der Waals surface area (Å²) in [6, 6.07) is 9.84. The second-order valence-corrected chi connectivity index (χ2v) is 8.61. The number of rotatable bonds is 3. The molecular formula is C23H21Cl2FN2O. The van der Waals surface area contributed by atoms with Crippen molar-refractivity contribution in [2.45, 2.75) is 32.7 Å². The Morgan fingerprint density at radius 2 is 1.86 bits per heavy atom. The van der Waals surface area contributed by atoms with Gasteiger partial charge in [0.2, 0.25) is 0 Å². The van der Waals surface area contributed by atoms with E-state index in [0.717, 1.165) is 22.3 Å². The summed E-state index contributed by atoms with van der Waals surface area (Å²) in [7, 11) is 1.85. The first-order chi connectivity index (χ1) is 13.7. The Hall–Kier alpha value is -2.30. The molecule has 0 bridgehead atoms. The molecule has 1 aliphatic heterocycles. The lowest BCUT2D eigenvalue weighted by Crippen LogP contribution is -2.31. The van der Waals surface area contributed by atoms with Gasteiger partial charge >= 0.3 is 0 Å². The van der Waals surface area contributed by atoms with E-state index in [1.165, 1.54) is 11.0 Å². The fourth-order valence-corrected chi connectivity index (χ4v) is 4.52. The van der Waals surface area contributed by atoms with Crippen LogP contribution in [0.4, 0.5) is 10.1 Å². The lowest BCUT2D eigenvalue weighted by molar-refractivity contribution is 0.0985. The molecular weight excluding hydrogens is 410 g/mol. The topological polar surface area (TPSA) is 25.2 Å². The summed E-state index contributed by atoms with van der Waals surface area (Å²) in [5.41, 5.74) is 4.54. The van der Waals surface area contributed by atoms with Gasteiger partial charge in [0, 0.05) is 23.8 Å². The number of hydrogen-bond acceptors (Lipinski definition) is 1. The Bertz CT molecular complexity index is 1140. The van der Waals surface area contributed by atoms with Crippen LogP contribution >= 0.6 is 23.2 Å². The number of carbonyl (C=O) groups is 1. The third-order valence-electron chi connectivity index (χ3n) is 5.55. The van der Waals surface area contributed by atoms with Gasteiger partial charge in [0.1, 0.15) is 5.69 Å². The van der Waals surface area contributed by atoms with Crippen molar-refractivity contribution >= 4 is 34.8 Å². The van der Waals surface area contributed by atoms with Crippen LogP contribution in [0.1, 0.15) is 58.5 Å². The van der Waals surface area contributed by atoms with E-state index in [4.69, 9.17) is 23.2 Å². The van der Waals surface area contributed by atoms with Crippen LogP contribution < -0.4 is 4.90 Å². The van der Waals surface area contributed by atoms with E-state index in [2.05, 4.69) is 13.8 Å². The number of anilines is 1. The number of halogens is 3. The summed E-state index contributed by atoms with van der Waals surface area (Å²) < 4.78 is 16.9. The second kappa shape index (κ2) is 7.19. The molecule has 2 heterocycles. The smallest absolute Gasteiger partial charge is 0.276 e. The van der Waals surface area contributed by atoms with E-state index < -0.39 is 11.9 Å². The number of fused-ring (bicyclic) bond motifs is 1. The minimum absolute atomic E-state index is 0.0168. The van der Waals surface area contributed by atoms with Crippen LogP contribution in [-0.2, 0) is 7.05 Å². The summed E-state index contributed by atoms with van der Waals surface area (Å²) in [5, 5.41) is 0.553. The van der Waals surface area contributed by atoms with Crippen molar-refractivity contribution in [1.29, 1.82) is 0 Å². The first-order valence-corrected chi connectivity index (χ1v) is 10.2. The van der Waals surface area contributed by atoms with Crippen molar-refractivity contribution in [1.82, 2.24) is 4.57 Å². The van der Waals surface area contributed by atoms with Gasteiger partial charge in [-0.15, -0.1) is 0 Å². The van der Waals surface area contributed by atoms with Gasteiger partial charge in [0.15, 0.2) is 5.82 Å². The molecule has 1 aliphatic rings. The molecule has 0 spiro atoms. The molecule has 150 valence electrons. The van der Waals surface area contributed by atoms with Crippen LogP contribution in [0.2, 0.25) is 10.0 Å². The van der Waals surface area contributed by atoms with Crippen molar-refractivity contribution in [3.63, 3.8) is 0 Å². The molecule has 0 radical (unpaired) electrons. The minimum Gasteiger partial charge on any atom is -0.346 e. The molecule has 1 atom stereocenters. The van der Waals surface area contributed by atoms with Gasteiger partial charge in [-0.3, -0.25) is 9.69 Å². The number of amides is 1. The zero-order valence-corrected chi connectivity index (χ0v) is 18.1. The first kappa shape index (κ1) is 20.0. The van der Waals surface area contributed by atoms with E-state index >= 15 is 4.39 Å². The second-order valence-electron chi connectivity index (χ2n) is 7.76. The number of benzene rings is 2. The van der Waals surface area contributed by atoms with Crippen LogP contribution in [0.5, 0.6) is 0 Å². The van der Waals surface area contributed by atoms with Crippen LogP contribution in [0.3, 0.4) is 0 Å². The third-order valence-corrected chi connectivity index (χ3v) is 6.08. The molecule has 0 N–H and O–H groups in total. The Kier molecular flexibility index (Phi) is 4.96. The number of aryl methyl sites for hydroxylation is 2. The Labute approximate surface area is 179 Å². The lowest BCUT2D eigenvalue weighted by Gasteiger charge is -2.29. The van der Waals surface area contributed by atoms with Gasteiger partial charge in [0.05, 0.1) is 16.8 Å². The van der Waals surface area contributed by atoms with Crippen molar-refractivity contribution in [2.24, 2.45) is 7.05 Å². The van der Waals surface area contributed by atoms with Crippen molar-refractivity contribution in [3.05, 3.63) is 86.4 Å². The number of nitrogens with zero attached hydrogens (tertiary/aromatic N) is 2. The van der Waals surface area contributed by atoms with Gasteiger partial charge < -0.3 is 4.57 Å². The molecule has 3 nitrogen and oxygen atoms in total. The maximum absolute atomic E-state index is 15.0. The molecule has 2 aromatic carbocycles. The predicted molar refractivity (Wildman–Crippen MR) is 116 cm³/mol. The fraction of sp³-hybridized carbons (Fsp3) is 0.261. The van der Waals surface area contributed by atoms with Crippen LogP contribution in [0.15, 0.2) is 42.6 Å². The summed E-state index contributed by atoms with van der Waals surface area (Å²) >= 11 is 12.4. The molecule has 0 aliphatic carbocycles. The van der Waals surface area contributed by atoms with E-state index in [9.17, 15) is 4.79 Å². The normalized spacial score (nSPS) is 16.1. The number of hydrogen-bond donors (Lipinski definition) is 0. The highest BCUT2D eigenvalue weighted by Crippen LogP contribution is 2.47. The lowest BCUT2D eigenvalue weighted by atomic mass is 9.90. The van der Waals surface area contributed by atoms with E-state index in [0.29, 0.717) is 10.7 Å². The average Bonchev–Trinajstić information content (AvgIpc) is 3.15. The molecule has 1 aromatic heterocycles. The average molecular weight is 431 g/mol. The van der Waals surface area contributed by atoms with Crippen LogP contribution in [0.25, 0.3) is 0 Å². The van der Waals surface area contributed by atoms with Gasteiger partial charge in [0.25, 0.3) is 5.91 Å². The third kappa shape index (κ3) is 3.06. The highest BCUT2D eigenvalue weighted by molar-refractivity contribution is 6.31. The molecule has 0 saturated carbocycles. The summed E-state index contributed by atoms with van der Waals surface area (Å²) in [4.78, 5) is 15.1. The van der Waals surface area contributed by atoms with Crippen molar-refractivity contribution < 1.29 is 9.18 Å². The van der Waals surface area contributed by atoms with E-state index in [-0.39, 0.29) is 22.5 Å². The number of aromatic nitrogens is 1. The first-order valence-electron chi connectivity index (χ1n) is 9.45. The molecule has 0 saturated heterocycles. The predicted octanol–water partition coefficient (Wildman–Crippen LogP) is 6.65. The van der Waals surface area contributed by atoms with Crippen LogP contribution in [0, 0.1) is 12.7 Å². The van der Waals surface area contributed by atoms with Gasteiger partial charge in [-0.05, 0) is 53.8 Å². The highest BCUT2D eigenvalue weighted by atomic mass is 35.5. The zero-order valence-electron chi connectivity index (χ0n) is 16.6. The Balaban J connectivity index is 2.05. The van der Waals surface area contributed by atoms with Gasteiger partial charge in [-0.1, -0.05) is 49.2 Å². The maximum atomic E-state index is 15.0. The SMILES string of the molecule is Cc1ccc(Cl)cc1[C@H]1c2c(C(C)C)cn(C)c2C(=O)N1c1cccc(Cl)c1F. The quantitative estimate of drug-likeness (QED) is 0.456.